The number of anilines is 1. The van der Waals surface area contributed by atoms with Crippen LogP contribution in [0.15, 0.2) is 48.5 Å². The lowest BCUT2D eigenvalue weighted by molar-refractivity contribution is 0.0781. The van der Waals surface area contributed by atoms with E-state index in [2.05, 4.69) is 28.8 Å². The molecule has 1 heterocycles. The van der Waals surface area contributed by atoms with Gasteiger partial charge in [0.2, 0.25) is 0 Å². The van der Waals surface area contributed by atoms with Crippen LogP contribution in [-0.4, -0.2) is 41.4 Å². The highest BCUT2D eigenvalue weighted by molar-refractivity contribution is 5.94. The number of unbranched alkanes of at least 4 members (excludes halogenated alkanes) is 1. The minimum absolute atomic E-state index is 0.0304. The van der Waals surface area contributed by atoms with Crippen molar-refractivity contribution in [3.05, 3.63) is 65.6 Å². The van der Waals surface area contributed by atoms with E-state index in [4.69, 9.17) is 0 Å². The molecule has 3 rings (SSSR count). The number of carbonyl (C=O) groups is 1. The van der Waals surface area contributed by atoms with Crippen molar-refractivity contribution >= 4 is 22.5 Å². The summed E-state index contributed by atoms with van der Waals surface area (Å²) in [5.41, 5.74) is 3.64. The van der Waals surface area contributed by atoms with Crippen molar-refractivity contribution < 1.29 is 4.79 Å². The Morgan fingerprint density at radius 2 is 1.71 bits per heavy atom. The van der Waals surface area contributed by atoms with Crippen LogP contribution in [0.1, 0.15) is 41.6 Å². The average Bonchev–Trinajstić information content (AvgIpc) is 2.71. The molecule has 5 nitrogen and oxygen atoms in total. The monoisotopic (exact) mass is 376 g/mol. The largest absolute Gasteiger partial charge is 0.375 e. The van der Waals surface area contributed by atoms with Gasteiger partial charge in [-0.2, -0.15) is 0 Å². The van der Waals surface area contributed by atoms with Crippen LogP contribution < -0.4 is 4.90 Å². The Labute approximate surface area is 167 Å². The molecule has 0 aliphatic carbocycles. The molecule has 0 N–H and O–H groups in total. The molecule has 0 fully saturated rings. The number of aryl methyl sites for hydroxylation is 1. The number of aromatic nitrogens is 2. The van der Waals surface area contributed by atoms with E-state index in [0.717, 1.165) is 35.2 Å². The van der Waals surface area contributed by atoms with Crippen LogP contribution >= 0.6 is 0 Å². The summed E-state index contributed by atoms with van der Waals surface area (Å²) < 4.78 is 0. The Kier molecular flexibility index (Phi) is 6.24. The lowest BCUT2D eigenvalue weighted by Crippen LogP contribution is -2.27. The maximum atomic E-state index is 12.8. The van der Waals surface area contributed by atoms with Crippen LogP contribution in [0.3, 0.4) is 0 Å². The molecule has 0 radical (unpaired) electrons. The van der Waals surface area contributed by atoms with E-state index in [-0.39, 0.29) is 5.91 Å². The summed E-state index contributed by atoms with van der Waals surface area (Å²) in [5, 5.41) is 1.04. The van der Waals surface area contributed by atoms with Crippen LogP contribution in [-0.2, 0) is 6.54 Å². The van der Waals surface area contributed by atoms with Gasteiger partial charge in [-0.15, -0.1) is 0 Å². The first-order valence-electron chi connectivity index (χ1n) is 9.78. The van der Waals surface area contributed by atoms with Crippen molar-refractivity contribution in [2.45, 2.75) is 33.2 Å². The van der Waals surface area contributed by atoms with Crippen molar-refractivity contribution in [3.8, 4) is 0 Å². The topological polar surface area (TPSA) is 49.3 Å². The number of hydrogen-bond donors (Lipinski definition) is 0. The second-order valence-electron chi connectivity index (χ2n) is 7.23. The molecular formula is C23H28N4O. The third-order valence-corrected chi connectivity index (χ3v) is 4.97. The van der Waals surface area contributed by atoms with Gasteiger partial charge in [0.05, 0.1) is 12.1 Å². The molecule has 5 heteroatoms. The zero-order chi connectivity index (χ0) is 20.1. The molecule has 3 aromatic rings. The van der Waals surface area contributed by atoms with Gasteiger partial charge in [0, 0.05) is 43.0 Å². The highest BCUT2D eigenvalue weighted by Crippen LogP contribution is 2.18. The Morgan fingerprint density at radius 1 is 1.00 bits per heavy atom. The second-order valence-corrected chi connectivity index (χ2v) is 7.23. The van der Waals surface area contributed by atoms with Crippen LogP contribution in [0, 0.1) is 6.92 Å². The first-order chi connectivity index (χ1) is 13.5. The minimum Gasteiger partial charge on any atom is -0.375 e. The van der Waals surface area contributed by atoms with Crippen LogP contribution in [0.25, 0.3) is 10.9 Å². The van der Waals surface area contributed by atoms with E-state index in [1.807, 2.05) is 55.5 Å². The fourth-order valence-corrected chi connectivity index (χ4v) is 3.25. The molecule has 0 saturated carbocycles. The summed E-state index contributed by atoms with van der Waals surface area (Å²) in [6.07, 6.45) is 2.33. The van der Waals surface area contributed by atoms with E-state index in [1.165, 1.54) is 6.42 Å². The fraction of sp³-hybridized carbons (Fsp3) is 0.348. The number of hydrogen-bond acceptors (Lipinski definition) is 4. The van der Waals surface area contributed by atoms with E-state index in [0.29, 0.717) is 17.9 Å². The Hall–Kier alpha value is -2.95. The molecule has 2 aromatic carbocycles. The van der Waals surface area contributed by atoms with Gasteiger partial charge < -0.3 is 9.80 Å². The molecule has 1 aromatic heterocycles. The maximum Gasteiger partial charge on any atom is 0.254 e. The van der Waals surface area contributed by atoms with Gasteiger partial charge in [-0.1, -0.05) is 31.5 Å². The zero-order valence-corrected chi connectivity index (χ0v) is 17.1. The van der Waals surface area contributed by atoms with Crippen molar-refractivity contribution in [3.63, 3.8) is 0 Å². The third-order valence-electron chi connectivity index (χ3n) is 4.97. The van der Waals surface area contributed by atoms with Crippen molar-refractivity contribution in [2.24, 2.45) is 0 Å². The summed E-state index contributed by atoms with van der Waals surface area (Å²) in [7, 11) is 3.87. The van der Waals surface area contributed by atoms with Crippen molar-refractivity contribution in [2.75, 3.05) is 25.5 Å². The number of fused-ring (bicyclic) bond motifs is 1. The first kappa shape index (κ1) is 19.8. The van der Waals surface area contributed by atoms with Crippen molar-refractivity contribution in [1.82, 2.24) is 14.9 Å². The van der Waals surface area contributed by atoms with Gasteiger partial charge in [-0.25, -0.2) is 9.97 Å². The highest BCUT2D eigenvalue weighted by Gasteiger charge is 2.15. The molecular weight excluding hydrogens is 348 g/mol. The van der Waals surface area contributed by atoms with Gasteiger partial charge in [0.25, 0.3) is 5.91 Å². The maximum absolute atomic E-state index is 12.8. The molecule has 0 bridgehead atoms. The molecule has 146 valence electrons. The third kappa shape index (κ3) is 4.47. The summed E-state index contributed by atoms with van der Waals surface area (Å²) in [6, 6.07) is 15.7. The molecule has 0 saturated heterocycles. The Bertz CT molecular complexity index is 952. The average molecular weight is 377 g/mol. The molecule has 0 atom stereocenters. The highest BCUT2D eigenvalue weighted by atomic mass is 16.2. The smallest absolute Gasteiger partial charge is 0.254 e. The predicted molar refractivity (Wildman–Crippen MR) is 115 cm³/mol. The van der Waals surface area contributed by atoms with Gasteiger partial charge in [0.1, 0.15) is 5.82 Å². The Morgan fingerprint density at radius 3 is 2.43 bits per heavy atom. The molecule has 0 spiro atoms. The van der Waals surface area contributed by atoms with Crippen LogP contribution in [0.5, 0.6) is 0 Å². The van der Waals surface area contributed by atoms with Gasteiger partial charge in [-0.05, 0) is 43.7 Å². The van der Waals surface area contributed by atoms with Crippen molar-refractivity contribution in [1.29, 1.82) is 0 Å². The van der Waals surface area contributed by atoms with E-state index >= 15 is 0 Å². The second kappa shape index (κ2) is 8.83. The molecule has 28 heavy (non-hydrogen) atoms. The van der Waals surface area contributed by atoms with Gasteiger partial charge in [0.15, 0.2) is 0 Å². The molecule has 1 amide bonds. The van der Waals surface area contributed by atoms with Gasteiger partial charge >= 0.3 is 0 Å². The van der Waals surface area contributed by atoms with Crippen LogP contribution in [0.2, 0.25) is 0 Å². The standard InChI is InChI=1S/C23H28N4O/c1-5-6-15-26(3)19-13-11-18(12-14-19)23(28)27(4)16-22-24-17(2)20-9-7-8-10-21(20)25-22/h7-14H,5-6,15-16H2,1-4H3. The molecule has 0 unspecified atom stereocenters. The fourth-order valence-electron chi connectivity index (χ4n) is 3.25. The van der Waals surface area contributed by atoms with E-state index in [1.54, 1.807) is 11.9 Å². The van der Waals surface area contributed by atoms with Crippen LogP contribution in [0.4, 0.5) is 5.69 Å². The van der Waals surface area contributed by atoms with Gasteiger partial charge in [-0.3, -0.25) is 4.79 Å². The number of rotatable bonds is 7. The van der Waals surface area contributed by atoms with E-state index in [9.17, 15) is 4.79 Å². The number of para-hydroxylation sites is 1. The Balaban J connectivity index is 1.70. The quantitative estimate of drug-likeness (QED) is 0.611. The molecule has 0 aliphatic heterocycles. The summed E-state index contributed by atoms with van der Waals surface area (Å²) in [5.74, 6) is 0.625. The zero-order valence-electron chi connectivity index (χ0n) is 17.1. The first-order valence-corrected chi connectivity index (χ1v) is 9.78. The number of nitrogens with zero attached hydrogens (tertiary/aromatic N) is 4. The normalized spacial score (nSPS) is 10.9. The number of carbonyl (C=O) groups excluding carboxylic acids is 1. The summed E-state index contributed by atoms with van der Waals surface area (Å²) in [6.45, 7) is 5.56. The number of benzene rings is 2. The minimum atomic E-state index is -0.0304. The number of amides is 1. The van der Waals surface area contributed by atoms with E-state index < -0.39 is 0 Å². The predicted octanol–water partition coefficient (Wildman–Crippen LogP) is 4.45. The lowest BCUT2D eigenvalue weighted by atomic mass is 10.1. The lowest BCUT2D eigenvalue weighted by Gasteiger charge is -2.20. The SMILES string of the molecule is CCCCN(C)c1ccc(C(=O)N(C)Cc2nc(C)c3ccccc3n2)cc1. The summed E-state index contributed by atoms with van der Waals surface area (Å²) in [4.78, 5) is 25.9. The molecule has 0 aliphatic rings. The summed E-state index contributed by atoms with van der Waals surface area (Å²) >= 11 is 0.